The van der Waals surface area contributed by atoms with Gasteiger partial charge in [-0.2, -0.15) is 5.10 Å². The molecule has 2 rings (SSSR count). The molecule has 5 nitrogen and oxygen atoms in total. The van der Waals surface area contributed by atoms with Crippen LogP contribution in [0.3, 0.4) is 0 Å². The Kier molecular flexibility index (Phi) is 4.32. The fourth-order valence-corrected chi connectivity index (χ4v) is 1.89. The lowest BCUT2D eigenvalue weighted by atomic mass is 10.1. The highest BCUT2D eigenvalue weighted by Gasteiger charge is 2.04. The van der Waals surface area contributed by atoms with Crippen molar-refractivity contribution in [1.82, 2.24) is 0 Å². The Morgan fingerprint density at radius 1 is 1.20 bits per heavy atom. The van der Waals surface area contributed by atoms with Gasteiger partial charge in [-0.05, 0) is 25.1 Å². The molecule has 1 N–H and O–H groups in total. The van der Waals surface area contributed by atoms with Crippen molar-refractivity contribution < 1.29 is 4.92 Å². The van der Waals surface area contributed by atoms with Crippen molar-refractivity contribution in [3.8, 4) is 0 Å². The monoisotopic (exact) mass is 289 g/mol. The topological polar surface area (TPSA) is 67.5 Å². The maximum absolute atomic E-state index is 10.5. The third-order valence-corrected chi connectivity index (χ3v) is 3.02. The molecule has 0 radical (unpaired) electrons. The standard InChI is InChI=1S/C14H12ClN3O2/c1-10(13-4-2-3-5-14(13)15)16-17-11-6-8-12(9-7-11)18(19)20/h2-9,17H,1H3/b16-10-. The number of rotatable bonds is 4. The van der Waals surface area contributed by atoms with Gasteiger partial charge in [0.1, 0.15) is 0 Å². The first-order chi connectivity index (χ1) is 9.58. The summed E-state index contributed by atoms with van der Waals surface area (Å²) in [5, 5.41) is 15.4. The molecule has 6 heteroatoms. The Labute approximate surface area is 121 Å². The van der Waals surface area contributed by atoms with E-state index in [9.17, 15) is 10.1 Å². The summed E-state index contributed by atoms with van der Waals surface area (Å²) in [4.78, 5) is 10.1. The molecule has 2 aromatic carbocycles. The van der Waals surface area contributed by atoms with E-state index in [1.165, 1.54) is 12.1 Å². The third-order valence-electron chi connectivity index (χ3n) is 2.69. The second-order valence-corrected chi connectivity index (χ2v) is 4.50. The molecule has 0 fully saturated rings. The van der Waals surface area contributed by atoms with Gasteiger partial charge in [0.25, 0.3) is 5.69 Å². The third kappa shape index (κ3) is 3.33. The Morgan fingerprint density at radius 3 is 2.45 bits per heavy atom. The van der Waals surface area contributed by atoms with Gasteiger partial charge in [-0.25, -0.2) is 0 Å². The lowest BCUT2D eigenvalue weighted by Crippen LogP contribution is -2.00. The molecule has 102 valence electrons. The van der Waals surface area contributed by atoms with Gasteiger partial charge in [0.15, 0.2) is 0 Å². The molecule has 0 bridgehead atoms. The molecule has 2 aromatic rings. The summed E-state index contributed by atoms with van der Waals surface area (Å²) in [5.74, 6) is 0. The summed E-state index contributed by atoms with van der Waals surface area (Å²) in [6, 6.07) is 13.4. The van der Waals surface area contributed by atoms with Crippen LogP contribution in [-0.4, -0.2) is 10.6 Å². The summed E-state index contributed by atoms with van der Waals surface area (Å²) in [5.41, 5.74) is 5.12. The lowest BCUT2D eigenvalue weighted by molar-refractivity contribution is -0.384. The molecule has 0 aliphatic heterocycles. The minimum atomic E-state index is -0.442. The van der Waals surface area contributed by atoms with E-state index >= 15 is 0 Å². The predicted octanol–water partition coefficient (Wildman–Crippen LogP) is 4.08. The molecule has 0 aromatic heterocycles. The van der Waals surface area contributed by atoms with Crippen LogP contribution in [0.4, 0.5) is 11.4 Å². The van der Waals surface area contributed by atoms with E-state index in [-0.39, 0.29) is 5.69 Å². The summed E-state index contributed by atoms with van der Waals surface area (Å²) < 4.78 is 0. The molecule has 0 spiro atoms. The van der Waals surface area contributed by atoms with E-state index in [0.717, 1.165) is 11.3 Å². The maximum atomic E-state index is 10.5. The Balaban J connectivity index is 2.13. The number of nitro benzene ring substituents is 1. The molecule has 0 heterocycles. The summed E-state index contributed by atoms with van der Waals surface area (Å²) in [7, 11) is 0. The average Bonchev–Trinajstić information content (AvgIpc) is 2.45. The number of nitro groups is 1. The van der Waals surface area contributed by atoms with Gasteiger partial charge in [-0.15, -0.1) is 0 Å². The van der Waals surface area contributed by atoms with Crippen molar-refractivity contribution in [2.24, 2.45) is 5.10 Å². The normalized spacial score (nSPS) is 11.2. The Bertz CT molecular complexity index is 654. The van der Waals surface area contributed by atoms with Crippen LogP contribution in [0, 0.1) is 10.1 Å². The predicted molar refractivity (Wildman–Crippen MR) is 80.4 cm³/mol. The first-order valence-corrected chi connectivity index (χ1v) is 6.25. The van der Waals surface area contributed by atoms with Crippen molar-refractivity contribution in [3.63, 3.8) is 0 Å². The van der Waals surface area contributed by atoms with Crippen LogP contribution in [0.1, 0.15) is 12.5 Å². The van der Waals surface area contributed by atoms with Crippen molar-refractivity contribution in [3.05, 3.63) is 69.2 Å². The van der Waals surface area contributed by atoms with Gasteiger partial charge < -0.3 is 0 Å². The number of hydrogen-bond donors (Lipinski definition) is 1. The molecule has 0 amide bonds. The minimum Gasteiger partial charge on any atom is -0.278 e. The molecular formula is C14H12ClN3O2. The van der Waals surface area contributed by atoms with Gasteiger partial charge in [-0.1, -0.05) is 29.8 Å². The second-order valence-electron chi connectivity index (χ2n) is 4.09. The highest BCUT2D eigenvalue weighted by molar-refractivity contribution is 6.34. The van der Waals surface area contributed by atoms with Crippen LogP contribution >= 0.6 is 11.6 Å². The zero-order valence-electron chi connectivity index (χ0n) is 10.7. The van der Waals surface area contributed by atoms with E-state index in [2.05, 4.69) is 10.5 Å². The Hall–Kier alpha value is -2.40. The van der Waals surface area contributed by atoms with Crippen LogP contribution in [0.5, 0.6) is 0 Å². The van der Waals surface area contributed by atoms with Crippen LogP contribution in [-0.2, 0) is 0 Å². The molecular weight excluding hydrogens is 278 g/mol. The van der Waals surface area contributed by atoms with Gasteiger partial charge in [-0.3, -0.25) is 15.5 Å². The van der Waals surface area contributed by atoms with E-state index in [1.807, 2.05) is 25.1 Å². The zero-order valence-corrected chi connectivity index (χ0v) is 11.5. The number of hydrogen-bond acceptors (Lipinski definition) is 4. The summed E-state index contributed by atoms with van der Waals surface area (Å²) >= 11 is 6.07. The molecule has 0 saturated carbocycles. The zero-order chi connectivity index (χ0) is 14.5. The molecule has 0 saturated heterocycles. The van der Waals surface area contributed by atoms with Gasteiger partial charge >= 0.3 is 0 Å². The number of benzene rings is 2. The van der Waals surface area contributed by atoms with Gasteiger partial charge in [0.05, 0.1) is 16.3 Å². The van der Waals surface area contributed by atoms with Crippen molar-refractivity contribution >= 4 is 28.7 Å². The van der Waals surface area contributed by atoms with Crippen molar-refractivity contribution in [2.75, 3.05) is 5.43 Å². The van der Waals surface area contributed by atoms with Crippen LogP contribution in [0.2, 0.25) is 5.02 Å². The number of anilines is 1. The fourth-order valence-electron chi connectivity index (χ4n) is 1.62. The Morgan fingerprint density at radius 2 is 1.85 bits per heavy atom. The number of halogens is 1. The molecule has 0 aliphatic carbocycles. The first kappa shape index (κ1) is 14.0. The van der Waals surface area contributed by atoms with E-state index in [4.69, 9.17) is 11.6 Å². The van der Waals surface area contributed by atoms with Crippen LogP contribution in [0.15, 0.2) is 53.6 Å². The van der Waals surface area contributed by atoms with Gasteiger partial charge in [0, 0.05) is 22.7 Å². The van der Waals surface area contributed by atoms with Crippen molar-refractivity contribution in [1.29, 1.82) is 0 Å². The number of nitrogens with one attached hydrogen (secondary N) is 1. The summed E-state index contributed by atoms with van der Waals surface area (Å²) in [6.07, 6.45) is 0. The average molecular weight is 290 g/mol. The number of non-ortho nitro benzene ring substituents is 1. The highest BCUT2D eigenvalue weighted by atomic mass is 35.5. The van der Waals surface area contributed by atoms with E-state index in [1.54, 1.807) is 18.2 Å². The molecule has 20 heavy (non-hydrogen) atoms. The lowest BCUT2D eigenvalue weighted by Gasteiger charge is -2.05. The van der Waals surface area contributed by atoms with E-state index < -0.39 is 4.92 Å². The second kappa shape index (κ2) is 6.16. The quantitative estimate of drug-likeness (QED) is 0.524. The fraction of sp³-hybridized carbons (Fsp3) is 0.0714. The summed E-state index contributed by atoms with van der Waals surface area (Å²) in [6.45, 7) is 1.83. The largest absolute Gasteiger partial charge is 0.278 e. The van der Waals surface area contributed by atoms with Crippen LogP contribution < -0.4 is 5.43 Å². The first-order valence-electron chi connectivity index (χ1n) is 5.87. The molecule has 0 aliphatic rings. The molecule has 0 atom stereocenters. The minimum absolute atomic E-state index is 0.0438. The SMILES string of the molecule is C/C(=N/Nc1ccc([N+](=O)[O-])cc1)c1ccccc1Cl. The van der Waals surface area contributed by atoms with Crippen LogP contribution in [0.25, 0.3) is 0 Å². The van der Waals surface area contributed by atoms with E-state index in [0.29, 0.717) is 10.7 Å². The van der Waals surface area contributed by atoms with Crippen molar-refractivity contribution in [2.45, 2.75) is 6.92 Å². The number of nitrogens with zero attached hydrogens (tertiary/aromatic N) is 2. The molecule has 0 unspecified atom stereocenters. The van der Waals surface area contributed by atoms with Gasteiger partial charge in [0.2, 0.25) is 0 Å². The maximum Gasteiger partial charge on any atom is 0.269 e. The highest BCUT2D eigenvalue weighted by Crippen LogP contribution is 2.18. The smallest absolute Gasteiger partial charge is 0.269 e. The number of hydrazone groups is 1.